The molecule has 1 aliphatic carbocycles. The number of nitrogens with zero attached hydrogens (tertiary/aromatic N) is 3. The van der Waals surface area contributed by atoms with Crippen LogP contribution in [0, 0.1) is 0 Å². The van der Waals surface area contributed by atoms with Gasteiger partial charge in [0.25, 0.3) is 0 Å². The summed E-state index contributed by atoms with van der Waals surface area (Å²) in [4.78, 5) is 19.5. The van der Waals surface area contributed by atoms with Gasteiger partial charge in [-0.25, -0.2) is 15.0 Å². The van der Waals surface area contributed by atoms with Crippen molar-refractivity contribution >= 4 is 35.5 Å². The molecule has 0 amide bonds. The third-order valence-corrected chi connectivity index (χ3v) is 9.10. The number of aromatic amines is 1. The van der Waals surface area contributed by atoms with Gasteiger partial charge in [-0.1, -0.05) is 41.5 Å². The Morgan fingerprint density at radius 1 is 0.675 bits per heavy atom. The summed E-state index contributed by atoms with van der Waals surface area (Å²) in [6.45, 7) is 13.3. The molecule has 206 valence electrons. The molecule has 6 rings (SSSR count). The summed E-state index contributed by atoms with van der Waals surface area (Å²) in [6, 6.07) is 0. The SMILES string of the molecule is CCC1=C(CC)C2=NC1=Cc1[nH]c(/c(=C\O)c1CC)=CC1=NC(=C3CCC4=C(CC)C(=C2)N=C43)C(CC)=C1CC. The van der Waals surface area contributed by atoms with E-state index in [4.69, 9.17) is 15.0 Å². The molecule has 1 aromatic rings. The fraction of sp³-hybridized carbons (Fsp3) is 0.400. The molecule has 2 N–H and O–H groups in total. The molecule has 1 saturated carbocycles. The highest BCUT2D eigenvalue weighted by Crippen LogP contribution is 2.45. The summed E-state index contributed by atoms with van der Waals surface area (Å²) < 4.78 is 0. The van der Waals surface area contributed by atoms with Crippen LogP contribution in [-0.2, 0) is 6.42 Å². The van der Waals surface area contributed by atoms with E-state index >= 15 is 0 Å². The van der Waals surface area contributed by atoms with Crippen LogP contribution in [0.5, 0.6) is 0 Å². The molecule has 5 nitrogen and oxygen atoms in total. The van der Waals surface area contributed by atoms with Gasteiger partial charge in [-0.15, -0.1) is 0 Å². The summed E-state index contributed by atoms with van der Waals surface area (Å²) in [7, 11) is 0. The second-order valence-electron chi connectivity index (χ2n) is 11.0. The maximum absolute atomic E-state index is 10.4. The Kier molecular flexibility index (Phi) is 6.85. The van der Waals surface area contributed by atoms with E-state index in [0.29, 0.717) is 0 Å². The van der Waals surface area contributed by atoms with Gasteiger partial charge in [0, 0.05) is 16.5 Å². The quantitative estimate of drug-likeness (QED) is 0.398. The van der Waals surface area contributed by atoms with E-state index in [0.717, 1.165) is 107 Å². The Balaban J connectivity index is 1.74. The molecule has 1 aromatic heterocycles. The molecule has 5 aliphatic rings. The van der Waals surface area contributed by atoms with Crippen LogP contribution in [0.4, 0.5) is 0 Å². The first kappa shape index (κ1) is 26.5. The van der Waals surface area contributed by atoms with Crippen LogP contribution < -0.4 is 10.6 Å². The first-order valence-corrected chi connectivity index (χ1v) is 15.2. The fourth-order valence-electron chi connectivity index (χ4n) is 7.25. The largest absolute Gasteiger partial charge is 0.515 e. The van der Waals surface area contributed by atoms with Crippen molar-refractivity contribution in [2.75, 3.05) is 0 Å². The highest BCUT2D eigenvalue weighted by Gasteiger charge is 2.35. The number of aliphatic hydroxyl groups is 1. The van der Waals surface area contributed by atoms with Crippen LogP contribution in [0.2, 0.25) is 0 Å². The van der Waals surface area contributed by atoms with Gasteiger partial charge in [0.1, 0.15) is 0 Å². The molecule has 0 unspecified atom stereocenters. The second kappa shape index (κ2) is 10.3. The molecule has 5 heterocycles. The number of hydrogen-bond donors (Lipinski definition) is 2. The number of fused-ring (bicyclic) bond motifs is 5. The van der Waals surface area contributed by atoms with Gasteiger partial charge >= 0.3 is 0 Å². The van der Waals surface area contributed by atoms with Crippen molar-refractivity contribution in [3.8, 4) is 0 Å². The molecule has 0 spiro atoms. The molecule has 1 fully saturated rings. The van der Waals surface area contributed by atoms with Crippen LogP contribution in [0.15, 0.2) is 77.2 Å². The van der Waals surface area contributed by atoms with Crippen molar-refractivity contribution in [3.63, 3.8) is 0 Å². The van der Waals surface area contributed by atoms with E-state index < -0.39 is 0 Å². The molecule has 0 radical (unpaired) electrons. The molecule has 8 bridgehead atoms. The van der Waals surface area contributed by atoms with Gasteiger partial charge in [-0.05, 0) is 109 Å². The van der Waals surface area contributed by atoms with Crippen molar-refractivity contribution in [1.82, 2.24) is 4.98 Å². The Morgan fingerprint density at radius 3 is 1.95 bits per heavy atom. The fourth-order valence-corrected chi connectivity index (χ4v) is 7.25. The van der Waals surface area contributed by atoms with Crippen molar-refractivity contribution in [1.29, 1.82) is 0 Å². The number of aliphatic hydroxyl groups excluding tert-OH is 1. The molecular weight excluding hydrogens is 492 g/mol. The van der Waals surface area contributed by atoms with Crippen LogP contribution in [0.1, 0.15) is 97.7 Å². The maximum atomic E-state index is 10.4. The summed E-state index contributed by atoms with van der Waals surface area (Å²) in [5, 5.41) is 12.1. The number of aromatic nitrogens is 1. The zero-order valence-corrected chi connectivity index (χ0v) is 24.8. The zero-order valence-electron chi connectivity index (χ0n) is 24.8. The molecule has 40 heavy (non-hydrogen) atoms. The van der Waals surface area contributed by atoms with Gasteiger partial charge in [0.15, 0.2) is 0 Å². The Labute approximate surface area is 237 Å². The van der Waals surface area contributed by atoms with E-state index in [1.54, 1.807) is 0 Å². The van der Waals surface area contributed by atoms with Crippen LogP contribution in [0.25, 0.3) is 18.4 Å². The highest BCUT2D eigenvalue weighted by molar-refractivity contribution is 6.25. The normalized spacial score (nSPS) is 20.4. The molecule has 0 aromatic carbocycles. The lowest BCUT2D eigenvalue weighted by Crippen LogP contribution is -2.26. The van der Waals surface area contributed by atoms with Gasteiger partial charge in [0.05, 0.1) is 45.8 Å². The number of nitrogens with one attached hydrogen (secondary N) is 1. The summed E-state index contributed by atoms with van der Waals surface area (Å²) in [5.41, 5.74) is 17.7. The van der Waals surface area contributed by atoms with E-state index in [1.165, 1.54) is 45.3 Å². The summed E-state index contributed by atoms with van der Waals surface area (Å²) in [5.74, 6) is 0. The van der Waals surface area contributed by atoms with Crippen LogP contribution in [0.3, 0.4) is 0 Å². The second-order valence-corrected chi connectivity index (χ2v) is 11.0. The zero-order chi connectivity index (χ0) is 28.1. The summed E-state index contributed by atoms with van der Waals surface area (Å²) >= 11 is 0. The third kappa shape index (κ3) is 3.85. The van der Waals surface area contributed by atoms with Gasteiger partial charge in [-0.2, -0.15) is 0 Å². The smallest absolute Gasteiger partial charge is 0.0888 e. The van der Waals surface area contributed by atoms with E-state index in [-0.39, 0.29) is 0 Å². The standard InChI is InChI=1S/C35H40N4O/c1-7-19-20(8-2)29-16-32-22(10-4)25-13-14-26(35(25)39-32)34-24(12-6)21(9-3)31(38-34)17-33-27(18-40)23(11-5)30(37-33)15-28(19)36-29/h15-18,37,40H,7-14H2,1-6H3/b27-18-,28-15?,32-16?,33-17?,34-26?. The number of H-pyrrole nitrogens is 1. The van der Waals surface area contributed by atoms with Crippen LogP contribution in [-0.4, -0.2) is 27.2 Å². The average molecular weight is 533 g/mol. The van der Waals surface area contributed by atoms with E-state index in [1.807, 2.05) is 0 Å². The molecular formula is C35H40N4O. The van der Waals surface area contributed by atoms with Gasteiger partial charge in [0.2, 0.25) is 0 Å². The maximum Gasteiger partial charge on any atom is 0.0888 e. The number of aliphatic imine (C=N–C) groups is 3. The van der Waals surface area contributed by atoms with Gasteiger partial charge < -0.3 is 10.1 Å². The van der Waals surface area contributed by atoms with Crippen LogP contribution >= 0.6 is 0 Å². The minimum atomic E-state index is 0.797. The van der Waals surface area contributed by atoms with Crippen molar-refractivity contribution in [2.45, 2.75) is 92.9 Å². The first-order chi connectivity index (χ1) is 19.5. The van der Waals surface area contributed by atoms with Crippen molar-refractivity contribution in [2.24, 2.45) is 15.0 Å². The predicted octanol–water partition coefficient (Wildman–Crippen LogP) is 7.24. The van der Waals surface area contributed by atoms with Crippen molar-refractivity contribution in [3.05, 3.63) is 84.0 Å². The molecule has 4 aliphatic heterocycles. The molecule has 0 saturated heterocycles. The molecule has 0 atom stereocenters. The Hall–Kier alpha value is -3.73. The minimum absolute atomic E-state index is 0.797. The predicted molar refractivity (Wildman–Crippen MR) is 168 cm³/mol. The monoisotopic (exact) mass is 532 g/mol. The van der Waals surface area contributed by atoms with E-state index in [2.05, 4.69) is 64.8 Å². The Morgan fingerprint density at radius 2 is 1.30 bits per heavy atom. The highest BCUT2D eigenvalue weighted by atomic mass is 16.2. The van der Waals surface area contributed by atoms with E-state index in [9.17, 15) is 5.11 Å². The summed E-state index contributed by atoms with van der Waals surface area (Å²) in [6.07, 6.45) is 15.2. The number of hydrogen-bond acceptors (Lipinski definition) is 4. The topological polar surface area (TPSA) is 73.1 Å². The first-order valence-electron chi connectivity index (χ1n) is 15.2. The Bertz CT molecular complexity index is 1740. The number of rotatable bonds is 6. The lowest BCUT2D eigenvalue weighted by Gasteiger charge is -2.08. The average Bonchev–Trinajstić information content (AvgIpc) is 3.74. The lowest BCUT2D eigenvalue weighted by molar-refractivity contribution is 0.539. The van der Waals surface area contributed by atoms with Crippen molar-refractivity contribution < 1.29 is 5.11 Å². The lowest BCUT2D eigenvalue weighted by atomic mass is 9.96. The van der Waals surface area contributed by atoms with Gasteiger partial charge in [-0.3, -0.25) is 0 Å². The number of allylic oxidation sites excluding steroid dienone is 8. The molecule has 5 heteroatoms. The minimum Gasteiger partial charge on any atom is -0.515 e. The third-order valence-electron chi connectivity index (χ3n) is 9.10.